The predicted molar refractivity (Wildman–Crippen MR) is 83.7 cm³/mol. The fourth-order valence-electron chi connectivity index (χ4n) is 2.44. The highest BCUT2D eigenvalue weighted by Gasteiger charge is 2.30. The zero-order chi connectivity index (χ0) is 17.3. The number of carbonyl (C=O) groups is 1. The van der Waals surface area contributed by atoms with Crippen molar-refractivity contribution in [1.29, 1.82) is 0 Å². The molecule has 1 aliphatic heterocycles. The number of anilines is 1. The molecule has 1 amide bonds. The zero-order valence-corrected chi connectivity index (χ0v) is 13.2. The molecule has 0 fully saturated rings. The second-order valence-corrected chi connectivity index (χ2v) is 5.43. The number of nitrogens with zero attached hydrogens (tertiary/aromatic N) is 3. The summed E-state index contributed by atoms with van der Waals surface area (Å²) in [6, 6.07) is 2.93. The summed E-state index contributed by atoms with van der Waals surface area (Å²) in [7, 11) is 0. The molecule has 1 aromatic heterocycles. The minimum atomic E-state index is -0.867. The molecule has 0 aliphatic carbocycles. The van der Waals surface area contributed by atoms with Gasteiger partial charge in [0.05, 0.1) is 17.1 Å². The quantitative estimate of drug-likeness (QED) is 0.934. The van der Waals surface area contributed by atoms with E-state index in [4.69, 9.17) is 4.84 Å². The second-order valence-electron chi connectivity index (χ2n) is 5.43. The van der Waals surface area contributed by atoms with Crippen LogP contribution in [0.4, 0.5) is 14.5 Å². The Hall–Kier alpha value is -2.77. The van der Waals surface area contributed by atoms with Crippen molar-refractivity contribution in [3.63, 3.8) is 0 Å². The third kappa shape index (κ3) is 3.12. The van der Waals surface area contributed by atoms with Crippen LogP contribution in [0.5, 0.6) is 0 Å². The molecule has 0 radical (unpaired) electrons. The van der Waals surface area contributed by atoms with Gasteiger partial charge in [-0.2, -0.15) is 5.10 Å². The van der Waals surface area contributed by atoms with Gasteiger partial charge in [-0.1, -0.05) is 5.16 Å². The third-order valence-corrected chi connectivity index (χ3v) is 3.73. The fourth-order valence-corrected chi connectivity index (χ4v) is 2.44. The largest absolute Gasteiger partial charge is 0.382 e. The summed E-state index contributed by atoms with van der Waals surface area (Å²) in [5.41, 5.74) is 2.13. The molecule has 0 spiro atoms. The molecule has 2 aromatic rings. The highest BCUT2D eigenvalue weighted by Crippen LogP contribution is 2.21. The maximum Gasteiger partial charge on any atom is 0.268 e. The number of halogens is 2. The molecule has 1 N–H and O–H groups in total. The smallest absolute Gasteiger partial charge is 0.268 e. The van der Waals surface area contributed by atoms with E-state index in [0.29, 0.717) is 11.8 Å². The van der Waals surface area contributed by atoms with Crippen LogP contribution in [-0.4, -0.2) is 27.5 Å². The predicted octanol–water partition coefficient (Wildman–Crippen LogP) is 2.62. The summed E-state index contributed by atoms with van der Waals surface area (Å²) in [4.78, 5) is 17.3. The van der Waals surface area contributed by atoms with Crippen molar-refractivity contribution in [3.8, 4) is 0 Å². The van der Waals surface area contributed by atoms with Crippen LogP contribution in [0.25, 0.3) is 0 Å². The van der Waals surface area contributed by atoms with E-state index in [9.17, 15) is 13.6 Å². The summed E-state index contributed by atoms with van der Waals surface area (Å²) >= 11 is 0. The fraction of sp³-hybridized carbons (Fsp3) is 0.312. The van der Waals surface area contributed by atoms with Crippen LogP contribution in [0.1, 0.15) is 24.6 Å². The number of rotatable bonds is 4. The van der Waals surface area contributed by atoms with Gasteiger partial charge in [-0.25, -0.2) is 8.78 Å². The molecule has 0 saturated heterocycles. The third-order valence-electron chi connectivity index (χ3n) is 3.73. The maximum atomic E-state index is 13.6. The summed E-state index contributed by atoms with van der Waals surface area (Å²) in [5.74, 6) is -2.10. The van der Waals surface area contributed by atoms with E-state index in [1.54, 1.807) is 4.68 Å². The van der Waals surface area contributed by atoms with Crippen LogP contribution in [0.2, 0.25) is 0 Å². The number of aryl methyl sites for hydroxylation is 2. The lowest BCUT2D eigenvalue weighted by molar-refractivity contribution is -0.125. The maximum absolute atomic E-state index is 13.6. The number of oxime groups is 1. The normalized spacial score (nSPS) is 16.7. The van der Waals surface area contributed by atoms with Gasteiger partial charge in [0, 0.05) is 30.8 Å². The Labute approximate surface area is 137 Å². The first kappa shape index (κ1) is 16.1. The van der Waals surface area contributed by atoms with Crippen molar-refractivity contribution in [2.24, 2.45) is 5.16 Å². The standard InChI is InChI=1S/C16H16F2N4O2/c1-3-22-8-11(9(2)20-22)14-7-15(24-21-14)16(23)19-13-5-4-10(17)6-12(13)18/h4-6,8,15H,3,7H2,1-2H3,(H,19,23)/t15-/m0/s1. The minimum Gasteiger partial charge on any atom is -0.382 e. The lowest BCUT2D eigenvalue weighted by atomic mass is 10.1. The zero-order valence-electron chi connectivity index (χ0n) is 13.2. The molecule has 1 atom stereocenters. The number of hydrogen-bond acceptors (Lipinski definition) is 4. The Morgan fingerprint density at radius 1 is 1.46 bits per heavy atom. The van der Waals surface area contributed by atoms with E-state index in [2.05, 4.69) is 15.6 Å². The molecule has 1 aromatic carbocycles. The van der Waals surface area contributed by atoms with Crippen LogP contribution < -0.4 is 5.32 Å². The number of carbonyl (C=O) groups excluding carboxylic acids is 1. The first-order chi connectivity index (χ1) is 11.5. The first-order valence-corrected chi connectivity index (χ1v) is 7.51. The SMILES string of the molecule is CCn1cc(C2=NO[C@H](C(=O)Nc3ccc(F)cc3F)C2)c(C)n1. The molecule has 0 bridgehead atoms. The summed E-state index contributed by atoms with van der Waals surface area (Å²) < 4.78 is 28.3. The van der Waals surface area contributed by atoms with E-state index in [1.807, 2.05) is 20.0 Å². The van der Waals surface area contributed by atoms with Crippen LogP contribution >= 0.6 is 0 Å². The first-order valence-electron chi connectivity index (χ1n) is 7.51. The number of hydrogen-bond donors (Lipinski definition) is 1. The van der Waals surface area contributed by atoms with Gasteiger partial charge >= 0.3 is 0 Å². The van der Waals surface area contributed by atoms with Crippen molar-refractivity contribution >= 4 is 17.3 Å². The molecule has 1 aliphatic rings. The molecule has 0 saturated carbocycles. The van der Waals surface area contributed by atoms with Crippen molar-refractivity contribution in [2.75, 3.05) is 5.32 Å². The minimum absolute atomic E-state index is 0.103. The topological polar surface area (TPSA) is 68.5 Å². The van der Waals surface area contributed by atoms with E-state index in [-0.39, 0.29) is 12.1 Å². The Bertz CT molecular complexity index is 816. The highest BCUT2D eigenvalue weighted by molar-refractivity contribution is 6.06. The Balaban J connectivity index is 1.67. The van der Waals surface area contributed by atoms with Gasteiger partial charge in [-0.15, -0.1) is 0 Å². The molecule has 3 rings (SSSR count). The van der Waals surface area contributed by atoms with E-state index in [0.717, 1.165) is 29.9 Å². The van der Waals surface area contributed by atoms with Crippen molar-refractivity contribution in [3.05, 3.63) is 47.3 Å². The van der Waals surface area contributed by atoms with Gasteiger partial charge in [0.25, 0.3) is 5.91 Å². The van der Waals surface area contributed by atoms with Crippen LogP contribution in [0.3, 0.4) is 0 Å². The molecular formula is C16H16F2N4O2. The molecule has 8 heteroatoms. The van der Waals surface area contributed by atoms with E-state index in [1.165, 1.54) is 0 Å². The lowest BCUT2D eigenvalue weighted by Gasteiger charge is -2.10. The molecule has 2 heterocycles. The molecular weight excluding hydrogens is 318 g/mol. The molecule has 0 unspecified atom stereocenters. The van der Waals surface area contributed by atoms with Crippen LogP contribution in [0.15, 0.2) is 29.6 Å². The van der Waals surface area contributed by atoms with Gasteiger partial charge < -0.3 is 10.2 Å². The van der Waals surface area contributed by atoms with E-state index < -0.39 is 23.6 Å². The van der Waals surface area contributed by atoms with Gasteiger partial charge in [-0.05, 0) is 26.0 Å². The number of nitrogens with one attached hydrogen (secondary N) is 1. The van der Waals surface area contributed by atoms with Gasteiger partial charge in [0.2, 0.25) is 6.10 Å². The Morgan fingerprint density at radius 2 is 2.25 bits per heavy atom. The van der Waals surface area contributed by atoms with Gasteiger partial charge in [-0.3, -0.25) is 9.48 Å². The summed E-state index contributed by atoms with van der Waals surface area (Å²) in [6.45, 7) is 4.55. The second kappa shape index (κ2) is 6.38. The van der Waals surface area contributed by atoms with Crippen LogP contribution in [-0.2, 0) is 16.2 Å². The van der Waals surface area contributed by atoms with Crippen molar-refractivity contribution < 1.29 is 18.4 Å². The Kier molecular flexibility index (Phi) is 4.28. The lowest BCUT2D eigenvalue weighted by Crippen LogP contribution is -2.28. The molecule has 24 heavy (non-hydrogen) atoms. The number of aromatic nitrogens is 2. The highest BCUT2D eigenvalue weighted by atomic mass is 19.1. The van der Waals surface area contributed by atoms with Crippen molar-refractivity contribution in [1.82, 2.24) is 9.78 Å². The van der Waals surface area contributed by atoms with Gasteiger partial charge in [0.1, 0.15) is 11.6 Å². The molecule has 126 valence electrons. The summed E-state index contributed by atoms with van der Waals surface area (Å²) in [6.07, 6.45) is 1.23. The average Bonchev–Trinajstić information content (AvgIpc) is 3.16. The van der Waals surface area contributed by atoms with Crippen LogP contribution in [0, 0.1) is 18.6 Å². The molecule has 6 nitrogen and oxygen atoms in total. The average molecular weight is 334 g/mol. The number of amides is 1. The number of benzene rings is 1. The van der Waals surface area contributed by atoms with Crippen molar-refractivity contribution in [2.45, 2.75) is 32.9 Å². The van der Waals surface area contributed by atoms with Gasteiger partial charge in [0.15, 0.2) is 0 Å². The monoisotopic (exact) mass is 334 g/mol. The van der Waals surface area contributed by atoms with E-state index >= 15 is 0 Å². The Morgan fingerprint density at radius 3 is 2.92 bits per heavy atom. The summed E-state index contributed by atoms with van der Waals surface area (Å²) in [5, 5.41) is 10.7.